The van der Waals surface area contributed by atoms with E-state index in [1.165, 1.54) is 0 Å². The standard InChI is InChI=1S/C33H36N4O4.C27H28N2O4.C20H20ClNO5/c1-36(2)17-18-37(3)32(39)33(21-28(33)31(38)35-40)20-23-13-15-26(16-14-23)41-22-25-19-30(24-9-5-4-6-10-24)34-29-12-8-7-11-27(25)29;1-19(22-10-6-3-7-11-22)28-26(31)27(17-24(27)25(30)29-32)16-20-12-14-23(15-13-20)33-18-21-8-4-2-5-9-21;1-2-26-19(24)20(12-17(20)18(23)22-25)11-13-6-8-15(9-7-13)27-16-5-3-4-14(21)10-16/h4-16,19,28,40H,17-18,20-22H2,1-3H3,(H,35,38);2-15,19,24,32H,16-18H2,1H3,(H,28,31)(H,29,30);3-10,17,25H,2,11-12H2,1H3,(H,22,23)/t28-,33+;19-,24+,27-;17-,20+/m101/s1. The molecule has 20 nitrogen and oxygen atoms in total. The molecule has 3 saturated carbocycles. The number of hydrogen-bond acceptors (Lipinski definition) is 15. The van der Waals surface area contributed by atoms with Crippen molar-refractivity contribution in [3.05, 3.63) is 257 Å². The highest BCUT2D eigenvalue weighted by Gasteiger charge is 2.66. The van der Waals surface area contributed by atoms with Gasteiger partial charge in [0.1, 0.15) is 36.2 Å². The summed E-state index contributed by atoms with van der Waals surface area (Å²) in [6, 6.07) is 69.2. The van der Waals surface area contributed by atoms with Crippen molar-refractivity contribution in [3.8, 4) is 34.3 Å². The number of likely N-dealkylation sites (N-methyl/N-ethyl adjacent to an activating group) is 2. The molecule has 0 spiro atoms. The van der Waals surface area contributed by atoms with E-state index in [1.54, 1.807) is 71.7 Å². The number of para-hydroxylation sites is 1. The summed E-state index contributed by atoms with van der Waals surface area (Å²) < 4.78 is 22.9. The quantitative estimate of drug-likeness (QED) is 0.0143. The Morgan fingerprint density at radius 2 is 1.03 bits per heavy atom. The minimum atomic E-state index is -0.932. The molecule has 0 aliphatic heterocycles. The van der Waals surface area contributed by atoms with Crippen LogP contribution in [0, 0.1) is 34.0 Å². The van der Waals surface area contributed by atoms with Crippen molar-refractivity contribution < 1.29 is 63.3 Å². The molecule has 5 amide bonds. The SMILES string of the molecule is CCOC(=O)[C@@]1(Cc2ccc(Oc3cccc(Cl)c3)cc2)C[C@@H]1C(=O)NO.CN(C)CCN(C)C(=O)[C@@]1(Cc2ccc(OCc3cc(-c4ccccc4)nc4ccccc34)cc2)C[C@@H]1C(=O)NO.C[C@H](NC(=O)[C@@]1(Cc2ccc(OCc3ccccc3)cc2)C[C@@H]1C(=O)NO)c1ccccc1. The van der Waals surface area contributed by atoms with Crippen molar-refractivity contribution in [3.63, 3.8) is 0 Å². The van der Waals surface area contributed by atoms with E-state index in [-0.39, 0.29) is 24.5 Å². The molecule has 3 aliphatic carbocycles. The molecule has 9 aromatic rings. The molecular weight excluding hydrogens is 1300 g/mol. The van der Waals surface area contributed by atoms with Gasteiger partial charge in [-0.15, -0.1) is 0 Å². The number of halogens is 1. The van der Waals surface area contributed by atoms with Gasteiger partial charge in [-0.05, 0) is 161 Å². The second-order valence-electron chi connectivity index (χ2n) is 26.2. The molecule has 8 aromatic carbocycles. The molecule has 0 bridgehead atoms. The van der Waals surface area contributed by atoms with E-state index in [9.17, 15) is 34.0 Å². The fourth-order valence-corrected chi connectivity index (χ4v) is 13.0. The van der Waals surface area contributed by atoms with Gasteiger partial charge >= 0.3 is 5.97 Å². The average Bonchev–Trinajstić information content (AvgIpc) is 1.58. The van der Waals surface area contributed by atoms with Gasteiger partial charge in [0.05, 0.1) is 57.9 Å². The molecule has 101 heavy (non-hydrogen) atoms. The molecule has 21 heteroatoms. The number of pyridine rings is 1. The number of amides is 5. The van der Waals surface area contributed by atoms with Crippen LogP contribution in [-0.4, -0.2) is 107 Å². The van der Waals surface area contributed by atoms with Crippen molar-refractivity contribution in [2.75, 3.05) is 40.8 Å². The van der Waals surface area contributed by atoms with Crippen molar-refractivity contribution in [2.45, 2.75) is 71.6 Å². The molecule has 12 rings (SSSR count). The monoisotopic (exact) mass is 1390 g/mol. The van der Waals surface area contributed by atoms with E-state index in [1.807, 2.05) is 196 Å². The zero-order chi connectivity index (χ0) is 71.7. The molecular formula is C80H84ClN7O13. The van der Waals surface area contributed by atoms with Gasteiger partial charge in [-0.3, -0.25) is 44.4 Å². The highest BCUT2D eigenvalue weighted by Crippen LogP contribution is 2.58. The summed E-state index contributed by atoms with van der Waals surface area (Å²) in [5.74, 6) is -1.31. The maximum Gasteiger partial charge on any atom is 0.313 e. The number of carbonyl (C=O) groups excluding carboxylic acids is 6. The van der Waals surface area contributed by atoms with Crippen LogP contribution in [-0.2, 0) is 66.0 Å². The molecule has 524 valence electrons. The smallest absolute Gasteiger partial charge is 0.313 e. The fraction of sp³-hybridized carbons (Fsp3) is 0.287. The lowest BCUT2D eigenvalue weighted by atomic mass is 9.92. The van der Waals surface area contributed by atoms with E-state index in [2.05, 4.69) is 17.4 Å². The van der Waals surface area contributed by atoms with Gasteiger partial charge in [0.25, 0.3) is 0 Å². The molecule has 3 fully saturated rings. The normalized spacial score (nSPS) is 19.2. The Kier molecular flexibility index (Phi) is 24.4. The lowest BCUT2D eigenvalue weighted by Gasteiger charge is -2.26. The largest absolute Gasteiger partial charge is 0.489 e. The van der Waals surface area contributed by atoms with Gasteiger partial charge in [-0.2, -0.15) is 0 Å². The summed E-state index contributed by atoms with van der Waals surface area (Å²) in [4.78, 5) is 83.9. The summed E-state index contributed by atoms with van der Waals surface area (Å²) in [5, 5.41) is 31.9. The third-order valence-electron chi connectivity index (χ3n) is 18.8. The van der Waals surface area contributed by atoms with E-state index in [0.29, 0.717) is 80.6 Å². The first-order chi connectivity index (χ1) is 48.8. The molecule has 0 saturated heterocycles. The molecule has 1 aromatic heterocycles. The van der Waals surface area contributed by atoms with E-state index < -0.39 is 57.7 Å². The number of nitrogens with zero attached hydrogens (tertiary/aromatic N) is 3. The topological polar surface area (TPSA) is 268 Å². The van der Waals surface area contributed by atoms with E-state index in [4.69, 9.17) is 45.9 Å². The van der Waals surface area contributed by atoms with Crippen LogP contribution in [0.15, 0.2) is 218 Å². The molecule has 3 aliphatic rings. The second-order valence-corrected chi connectivity index (χ2v) is 26.6. The number of aromatic nitrogens is 1. The molecule has 1 heterocycles. The summed E-state index contributed by atoms with van der Waals surface area (Å²) in [7, 11) is 5.68. The van der Waals surface area contributed by atoms with Gasteiger partial charge in [0, 0.05) is 41.7 Å². The highest BCUT2D eigenvalue weighted by atomic mass is 35.5. The molecule has 7 N–H and O–H groups in total. The summed E-state index contributed by atoms with van der Waals surface area (Å²) in [5.41, 5.74) is 11.1. The predicted molar refractivity (Wildman–Crippen MR) is 381 cm³/mol. The molecule has 0 unspecified atom stereocenters. The Labute approximate surface area is 592 Å². The van der Waals surface area contributed by atoms with Crippen LogP contribution in [0.4, 0.5) is 0 Å². The Morgan fingerprint density at radius 1 is 0.535 bits per heavy atom. The Bertz CT molecular complexity index is 4310. The van der Waals surface area contributed by atoms with E-state index >= 15 is 0 Å². The zero-order valence-corrected chi connectivity index (χ0v) is 57.8. The average molecular weight is 1390 g/mol. The van der Waals surface area contributed by atoms with Crippen LogP contribution in [0.5, 0.6) is 23.0 Å². The van der Waals surface area contributed by atoms with Gasteiger partial charge in [-0.1, -0.05) is 163 Å². The zero-order valence-electron chi connectivity index (χ0n) is 57.0. The number of hydroxylamine groups is 3. The third-order valence-corrected chi connectivity index (χ3v) is 19.1. The van der Waals surface area contributed by atoms with Crippen LogP contribution in [0.1, 0.15) is 72.5 Å². The van der Waals surface area contributed by atoms with Crippen molar-refractivity contribution in [1.29, 1.82) is 0 Å². The minimum absolute atomic E-state index is 0.0768. The van der Waals surface area contributed by atoms with Crippen LogP contribution in [0.2, 0.25) is 5.02 Å². The second kappa shape index (κ2) is 33.6. The summed E-state index contributed by atoms with van der Waals surface area (Å²) >= 11 is 5.95. The minimum Gasteiger partial charge on any atom is -0.489 e. The number of rotatable bonds is 27. The van der Waals surface area contributed by atoms with Crippen molar-refractivity contribution >= 4 is 58.0 Å². The van der Waals surface area contributed by atoms with E-state index in [0.717, 1.165) is 67.8 Å². The third kappa shape index (κ3) is 18.5. The van der Waals surface area contributed by atoms with Crippen LogP contribution in [0.3, 0.4) is 0 Å². The Morgan fingerprint density at radius 3 is 1.60 bits per heavy atom. The Hall–Kier alpha value is -10.5. The maximum atomic E-state index is 13.5. The number of nitrogens with one attached hydrogen (secondary N) is 4. The van der Waals surface area contributed by atoms with Gasteiger partial charge in [-0.25, -0.2) is 21.4 Å². The first kappa shape index (κ1) is 73.2. The number of ether oxygens (including phenoxy) is 4. The number of fused-ring (bicyclic) bond motifs is 1. The number of benzene rings is 8. The summed E-state index contributed by atoms with van der Waals surface area (Å²) in [6.45, 7) is 6.01. The lowest BCUT2D eigenvalue weighted by molar-refractivity contribution is -0.152. The molecule has 0 radical (unpaired) electrons. The number of esters is 1. The van der Waals surface area contributed by atoms with Crippen LogP contribution < -0.4 is 36.0 Å². The highest BCUT2D eigenvalue weighted by molar-refractivity contribution is 6.30. The predicted octanol–water partition coefficient (Wildman–Crippen LogP) is 12.5. The van der Waals surface area contributed by atoms with Gasteiger partial charge in [0.2, 0.25) is 29.5 Å². The fourth-order valence-electron chi connectivity index (χ4n) is 12.8. The number of carbonyl (C=O) groups is 6. The first-order valence-electron chi connectivity index (χ1n) is 33.5. The lowest BCUT2D eigenvalue weighted by Crippen LogP contribution is -2.41. The Balaban J connectivity index is 0.000000167. The van der Waals surface area contributed by atoms with Crippen molar-refractivity contribution in [1.82, 2.24) is 36.5 Å². The van der Waals surface area contributed by atoms with Gasteiger partial charge in [0.15, 0.2) is 0 Å². The maximum absolute atomic E-state index is 13.5. The molecule has 7 atom stereocenters. The number of hydrogen-bond donors (Lipinski definition) is 7. The first-order valence-corrected chi connectivity index (χ1v) is 33.9. The summed E-state index contributed by atoms with van der Waals surface area (Å²) in [6.07, 6.45) is 2.30. The van der Waals surface area contributed by atoms with Gasteiger partial charge < -0.3 is 34.1 Å². The van der Waals surface area contributed by atoms with Crippen molar-refractivity contribution in [2.24, 2.45) is 34.0 Å². The van der Waals surface area contributed by atoms with Crippen LogP contribution in [0.25, 0.3) is 22.2 Å². The van der Waals surface area contributed by atoms with Crippen LogP contribution >= 0.6 is 11.6 Å².